The number of hydrogen-bond donors (Lipinski definition) is 2. The summed E-state index contributed by atoms with van der Waals surface area (Å²) in [5.74, 6) is -2.58. The summed E-state index contributed by atoms with van der Waals surface area (Å²) in [6, 6.07) is -0.738. The van der Waals surface area contributed by atoms with E-state index in [0.717, 1.165) is 4.90 Å². The highest BCUT2D eigenvalue weighted by molar-refractivity contribution is 5.95. The minimum absolute atomic E-state index is 0.0793. The Morgan fingerprint density at radius 3 is 2.32 bits per heavy atom. The quantitative estimate of drug-likeness (QED) is 0.650. The molecule has 8 nitrogen and oxygen atoms in total. The van der Waals surface area contributed by atoms with Crippen LogP contribution in [0.25, 0.3) is 0 Å². The van der Waals surface area contributed by atoms with Crippen LogP contribution in [0.15, 0.2) is 0 Å². The SMILES string of the molecule is COC(=O)CN(C)C(=O)NC(=O)CC(C)CC(=O)O. The Bertz CT molecular complexity index is 368. The van der Waals surface area contributed by atoms with Crippen molar-refractivity contribution < 1.29 is 29.0 Å². The van der Waals surface area contributed by atoms with E-state index in [4.69, 9.17) is 5.11 Å². The second-order valence-electron chi connectivity index (χ2n) is 4.19. The molecule has 2 N–H and O–H groups in total. The van der Waals surface area contributed by atoms with Crippen molar-refractivity contribution in [1.82, 2.24) is 10.2 Å². The maximum Gasteiger partial charge on any atom is 0.325 e. The standard InChI is InChI=1S/C11H18N2O6/c1-7(5-9(15)16)4-8(14)12-11(18)13(2)6-10(17)19-3/h7H,4-6H2,1-3H3,(H,15,16)(H,12,14,18). The number of aliphatic carboxylic acids is 1. The van der Waals surface area contributed by atoms with E-state index < -0.39 is 23.9 Å². The highest BCUT2D eigenvalue weighted by Gasteiger charge is 2.18. The number of ether oxygens (including phenoxy) is 1. The zero-order valence-electron chi connectivity index (χ0n) is 11.1. The third kappa shape index (κ3) is 7.74. The Morgan fingerprint density at radius 1 is 1.26 bits per heavy atom. The van der Waals surface area contributed by atoms with Crippen molar-refractivity contribution in [3.05, 3.63) is 0 Å². The molecule has 0 fully saturated rings. The molecule has 0 saturated carbocycles. The van der Waals surface area contributed by atoms with Gasteiger partial charge in [0.2, 0.25) is 5.91 Å². The van der Waals surface area contributed by atoms with Crippen molar-refractivity contribution in [3.8, 4) is 0 Å². The predicted octanol–water partition coefficient (Wildman–Crippen LogP) is -0.172. The number of amides is 3. The molecule has 0 bridgehead atoms. The van der Waals surface area contributed by atoms with Gasteiger partial charge in [-0.1, -0.05) is 6.92 Å². The van der Waals surface area contributed by atoms with Gasteiger partial charge in [-0.05, 0) is 5.92 Å². The molecule has 1 atom stereocenters. The maximum absolute atomic E-state index is 11.5. The van der Waals surface area contributed by atoms with Gasteiger partial charge in [-0.2, -0.15) is 0 Å². The lowest BCUT2D eigenvalue weighted by atomic mass is 10.0. The third-order valence-corrected chi connectivity index (χ3v) is 2.24. The topological polar surface area (TPSA) is 113 Å². The maximum atomic E-state index is 11.5. The number of hydrogen-bond acceptors (Lipinski definition) is 5. The monoisotopic (exact) mass is 274 g/mol. The lowest BCUT2D eigenvalue weighted by Gasteiger charge is -2.16. The number of carbonyl (C=O) groups excluding carboxylic acids is 3. The zero-order chi connectivity index (χ0) is 15.0. The number of rotatable bonds is 6. The van der Waals surface area contributed by atoms with E-state index in [9.17, 15) is 19.2 Å². The molecule has 0 aromatic rings. The van der Waals surface area contributed by atoms with Crippen molar-refractivity contribution in [2.75, 3.05) is 20.7 Å². The van der Waals surface area contributed by atoms with Gasteiger partial charge in [0.15, 0.2) is 0 Å². The number of methoxy groups -OCH3 is 1. The molecule has 0 aromatic heterocycles. The molecule has 0 aromatic carbocycles. The minimum Gasteiger partial charge on any atom is -0.481 e. The smallest absolute Gasteiger partial charge is 0.325 e. The normalized spacial score (nSPS) is 11.3. The number of imide groups is 1. The van der Waals surface area contributed by atoms with Crippen LogP contribution in [0, 0.1) is 5.92 Å². The Morgan fingerprint density at radius 2 is 1.84 bits per heavy atom. The lowest BCUT2D eigenvalue weighted by Crippen LogP contribution is -2.43. The largest absolute Gasteiger partial charge is 0.481 e. The molecule has 1 unspecified atom stereocenters. The van der Waals surface area contributed by atoms with Crippen molar-refractivity contribution >= 4 is 23.9 Å². The van der Waals surface area contributed by atoms with E-state index in [2.05, 4.69) is 10.1 Å². The van der Waals surface area contributed by atoms with Crippen molar-refractivity contribution in [1.29, 1.82) is 0 Å². The molecule has 0 aliphatic rings. The van der Waals surface area contributed by atoms with E-state index >= 15 is 0 Å². The number of carboxylic acids is 1. The number of carbonyl (C=O) groups is 4. The van der Waals surface area contributed by atoms with Crippen LogP contribution >= 0.6 is 0 Å². The zero-order valence-corrected chi connectivity index (χ0v) is 11.1. The molecule has 0 aliphatic heterocycles. The molecule has 108 valence electrons. The van der Waals surface area contributed by atoms with Crippen molar-refractivity contribution in [3.63, 3.8) is 0 Å². The van der Waals surface area contributed by atoms with Gasteiger partial charge in [-0.3, -0.25) is 19.7 Å². The molecule has 19 heavy (non-hydrogen) atoms. The summed E-state index contributed by atoms with van der Waals surface area (Å²) in [5, 5.41) is 10.6. The average molecular weight is 274 g/mol. The lowest BCUT2D eigenvalue weighted by molar-refractivity contribution is -0.141. The van der Waals surface area contributed by atoms with Gasteiger partial charge in [0.05, 0.1) is 7.11 Å². The first-order chi connectivity index (χ1) is 8.76. The van der Waals surface area contributed by atoms with Crippen LogP contribution in [-0.4, -0.2) is 54.6 Å². The summed E-state index contributed by atoms with van der Waals surface area (Å²) in [5.41, 5.74) is 0. The van der Waals surface area contributed by atoms with Crippen molar-refractivity contribution in [2.24, 2.45) is 5.92 Å². The second-order valence-corrected chi connectivity index (χ2v) is 4.19. The summed E-state index contributed by atoms with van der Waals surface area (Å²) < 4.78 is 4.37. The number of likely N-dealkylation sites (N-methyl/N-ethyl adjacent to an activating group) is 1. The Balaban J connectivity index is 4.14. The minimum atomic E-state index is -1.01. The van der Waals surface area contributed by atoms with Gasteiger partial charge in [0.25, 0.3) is 0 Å². The Hall–Kier alpha value is -2.12. The van der Waals surface area contributed by atoms with Gasteiger partial charge in [0, 0.05) is 19.9 Å². The summed E-state index contributed by atoms with van der Waals surface area (Å²) in [4.78, 5) is 45.2. The van der Waals surface area contributed by atoms with Crippen LogP contribution in [0.2, 0.25) is 0 Å². The van der Waals surface area contributed by atoms with Gasteiger partial charge in [0.1, 0.15) is 6.54 Å². The molecule has 3 amide bonds. The van der Waals surface area contributed by atoms with E-state index in [1.165, 1.54) is 14.2 Å². The molecule has 0 rings (SSSR count). The summed E-state index contributed by atoms with van der Waals surface area (Å²) in [6.45, 7) is 1.32. The average Bonchev–Trinajstić information content (AvgIpc) is 2.26. The molecule has 0 heterocycles. The first kappa shape index (κ1) is 16.9. The van der Waals surface area contributed by atoms with Crippen LogP contribution in [0.5, 0.6) is 0 Å². The molecular formula is C11H18N2O6. The molecule has 0 radical (unpaired) electrons. The van der Waals surface area contributed by atoms with E-state index in [-0.39, 0.29) is 25.3 Å². The predicted molar refractivity (Wildman–Crippen MR) is 64.2 cm³/mol. The van der Waals surface area contributed by atoms with Crippen molar-refractivity contribution in [2.45, 2.75) is 19.8 Å². The first-order valence-electron chi connectivity index (χ1n) is 5.59. The fourth-order valence-electron chi connectivity index (χ4n) is 1.28. The first-order valence-corrected chi connectivity index (χ1v) is 5.59. The summed E-state index contributed by atoms with van der Waals surface area (Å²) in [6.07, 6.45) is -0.232. The van der Waals surface area contributed by atoms with Gasteiger partial charge >= 0.3 is 18.0 Å². The molecular weight excluding hydrogens is 256 g/mol. The van der Waals surface area contributed by atoms with E-state index in [1.54, 1.807) is 6.92 Å². The van der Waals surface area contributed by atoms with Crippen LogP contribution < -0.4 is 5.32 Å². The number of nitrogens with zero attached hydrogens (tertiary/aromatic N) is 1. The van der Waals surface area contributed by atoms with Crippen LogP contribution in [0.4, 0.5) is 4.79 Å². The molecule has 8 heteroatoms. The molecule has 0 saturated heterocycles. The Kier molecular flexibility index (Phi) is 7.16. The molecule has 0 spiro atoms. The highest BCUT2D eigenvalue weighted by Crippen LogP contribution is 2.06. The van der Waals surface area contributed by atoms with Crippen LogP contribution in [0.1, 0.15) is 19.8 Å². The number of nitrogens with one attached hydrogen (secondary N) is 1. The number of carboxylic acid groups (broad SMARTS) is 1. The number of urea groups is 1. The second kappa shape index (κ2) is 8.06. The number of esters is 1. The van der Waals surface area contributed by atoms with Gasteiger partial charge in [-0.25, -0.2) is 4.79 Å². The molecule has 0 aliphatic carbocycles. The fourth-order valence-corrected chi connectivity index (χ4v) is 1.28. The highest BCUT2D eigenvalue weighted by atomic mass is 16.5. The third-order valence-electron chi connectivity index (χ3n) is 2.24. The van der Waals surface area contributed by atoms with Crippen LogP contribution in [0.3, 0.4) is 0 Å². The van der Waals surface area contributed by atoms with Gasteiger partial charge in [-0.15, -0.1) is 0 Å². The van der Waals surface area contributed by atoms with Crippen LogP contribution in [-0.2, 0) is 19.1 Å². The Labute approximate surface area is 110 Å². The fraction of sp³-hybridized carbons (Fsp3) is 0.636. The van der Waals surface area contributed by atoms with E-state index in [0.29, 0.717) is 0 Å². The van der Waals surface area contributed by atoms with Gasteiger partial charge < -0.3 is 14.7 Å². The van der Waals surface area contributed by atoms with E-state index in [1.807, 2.05) is 0 Å². The summed E-state index contributed by atoms with van der Waals surface area (Å²) >= 11 is 0. The summed E-state index contributed by atoms with van der Waals surface area (Å²) in [7, 11) is 2.52.